The number of nitrogens with zero attached hydrogens (tertiary/aromatic N) is 2. The van der Waals surface area contributed by atoms with E-state index in [0.29, 0.717) is 28.4 Å². The van der Waals surface area contributed by atoms with E-state index >= 15 is 0 Å². The lowest BCUT2D eigenvalue weighted by Gasteiger charge is -2.36. The number of rotatable bonds is 3. The molecule has 5 rings (SSSR count). The predicted molar refractivity (Wildman–Crippen MR) is 126 cm³/mol. The minimum absolute atomic E-state index is 0.00175. The number of benzene rings is 3. The molecule has 0 atom stereocenters. The molecule has 0 saturated carbocycles. The summed E-state index contributed by atoms with van der Waals surface area (Å²) in [7, 11) is 0. The van der Waals surface area contributed by atoms with Gasteiger partial charge >= 0.3 is 0 Å². The number of fused-ring (bicyclic) bond motifs is 1. The Balaban J connectivity index is 1.63. The fourth-order valence-electron chi connectivity index (χ4n) is 3.63. The number of aryl methyl sites for hydroxylation is 1. The van der Waals surface area contributed by atoms with Gasteiger partial charge in [0.25, 0.3) is 11.8 Å². The van der Waals surface area contributed by atoms with Crippen molar-refractivity contribution >= 4 is 46.6 Å². The average Bonchev–Trinajstić information content (AvgIpc) is 3.27. The third-order valence-electron chi connectivity index (χ3n) is 5.26. The minimum Gasteiger partial charge on any atom is -0.454 e. The molecule has 2 aliphatic heterocycles. The number of hydrogen-bond donors (Lipinski definition) is 0. The maximum Gasteiger partial charge on any atom is 0.270 e. The largest absolute Gasteiger partial charge is 0.454 e. The fraction of sp³-hybridized carbons (Fsp3) is 0.0800. The Kier molecular flexibility index (Phi) is 4.95. The van der Waals surface area contributed by atoms with E-state index in [1.54, 1.807) is 36.4 Å². The van der Waals surface area contributed by atoms with E-state index in [0.717, 1.165) is 5.56 Å². The Morgan fingerprint density at radius 2 is 1.44 bits per heavy atom. The van der Waals surface area contributed by atoms with Crippen molar-refractivity contribution in [3.63, 3.8) is 0 Å². The molecule has 158 valence electrons. The van der Waals surface area contributed by atoms with Gasteiger partial charge in [0.15, 0.2) is 16.6 Å². The molecule has 3 aromatic rings. The van der Waals surface area contributed by atoms with Gasteiger partial charge in [0, 0.05) is 0 Å². The van der Waals surface area contributed by atoms with Crippen molar-refractivity contribution in [2.24, 2.45) is 0 Å². The molecule has 0 aromatic heterocycles. The van der Waals surface area contributed by atoms with Crippen LogP contribution >= 0.6 is 12.2 Å². The van der Waals surface area contributed by atoms with Crippen LogP contribution in [0.25, 0.3) is 6.08 Å². The Morgan fingerprint density at radius 3 is 2.12 bits per heavy atom. The van der Waals surface area contributed by atoms with Gasteiger partial charge in [-0.1, -0.05) is 42.0 Å². The first kappa shape index (κ1) is 20.0. The summed E-state index contributed by atoms with van der Waals surface area (Å²) >= 11 is 5.63. The molecule has 6 nitrogen and oxygen atoms in total. The van der Waals surface area contributed by atoms with Crippen LogP contribution in [-0.4, -0.2) is 23.7 Å². The standard InChI is InChI=1S/C25H18N2O4S/c1-16-7-10-19(11-8-16)27-24(29)20(13-17-9-12-21-22(14-17)31-15-30-21)23(28)26(25(27)32)18-5-3-2-4-6-18/h2-14H,15H2,1H3. The molecule has 3 aromatic carbocycles. The van der Waals surface area contributed by atoms with Crippen LogP contribution in [0.1, 0.15) is 11.1 Å². The van der Waals surface area contributed by atoms with E-state index in [-0.39, 0.29) is 17.5 Å². The van der Waals surface area contributed by atoms with Crippen molar-refractivity contribution in [3.05, 3.63) is 89.5 Å². The van der Waals surface area contributed by atoms with Crippen LogP contribution in [0.15, 0.2) is 78.4 Å². The minimum atomic E-state index is -0.479. The molecule has 1 saturated heterocycles. The quantitative estimate of drug-likeness (QED) is 0.340. The molecule has 7 heteroatoms. The van der Waals surface area contributed by atoms with Crippen molar-refractivity contribution in [2.45, 2.75) is 6.92 Å². The summed E-state index contributed by atoms with van der Waals surface area (Å²) in [5.74, 6) is 0.239. The SMILES string of the molecule is Cc1ccc(N2C(=O)C(=Cc3ccc4c(c3)OCO4)C(=O)N(c3ccccc3)C2=S)cc1. The smallest absolute Gasteiger partial charge is 0.270 e. The van der Waals surface area contributed by atoms with Crippen molar-refractivity contribution in [2.75, 3.05) is 16.6 Å². The monoisotopic (exact) mass is 442 g/mol. The Labute approximate surface area is 190 Å². The Morgan fingerprint density at radius 1 is 0.812 bits per heavy atom. The van der Waals surface area contributed by atoms with E-state index in [1.807, 2.05) is 49.4 Å². The number of para-hydroxylation sites is 1. The van der Waals surface area contributed by atoms with Crippen LogP contribution in [0.5, 0.6) is 11.5 Å². The summed E-state index contributed by atoms with van der Waals surface area (Å²) in [5, 5.41) is 0.109. The zero-order valence-electron chi connectivity index (χ0n) is 17.1. The van der Waals surface area contributed by atoms with Crippen LogP contribution in [-0.2, 0) is 9.59 Å². The van der Waals surface area contributed by atoms with Crippen molar-refractivity contribution in [1.29, 1.82) is 0 Å². The summed E-state index contributed by atoms with van der Waals surface area (Å²) in [6.45, 7) is 2.11. The summed E-state index contributed by atoms with van der Waals surface area (Å²) in [4.78, 5) is 29.8. The van der Waals surface area contributed by atoms with Gasteiger partial charge in [0.05, 0.1) is 11.4 Å². The molecule has 2 aliphatic rings. The highest BCUT2D eigenvalue weighted by Crippen LogP contribution is 2.34. The molecule has 0 bridgehead atoms. The van der Waals surface area contributed by atoms with Gasteiger partial charge in [-0.2, -0.15) is 0 Å². The normalized spacial score (nSPS) is 16.8. The zero-order chi connectivity index (χ0) is 22.2. The van der Waals surface area contributed by atoms with Crippen LogP contribution in [0.2, 0.25) is 0 Å². The molecule has 0 N–H and O–H groups in total. The third-order valence-corrected chi connectivity index (χ3v) is 5.63. The highest BCUT2D eigenvalue weighted by atomic mass is 32.1. The number of amides is 2. The van der Waals surface area contributed by atoms with Gasteiger partial charge in [0.1, 0.15) is 5.57 Å². The van der Waals surface area contributed by atoms with E-state index in [9.17, 15) is 9.59 Å². The van der Waals surface area contributed by atoms with E-state index in [2.05, 4.69) is 0 Å². The average molecular weight is 442 g/mol. The van der Waals surface area contributed by atoms with Gasteiger partial charge in [-0.25, -0.2) is 0 Å². The molecule has 1 fully saturated rings. The molecule has 0 unspecified atom stereocenters. The second-order valence-electron chi connectivity index (χ2n) is 7.41. The lowest BCUT2D eigenvalue weighted by molar-refractivity contribution is -0.120. The van der Waals surface area contributed by atoms with Crippen LogP contribution in [0.3, 0.4) is 0 Å². The number of carbonyl (C=O) groups excluding carboxylic acids is 2. The number of anilines is 2. The van der Waals surface area contributed by atoms with E-state index in [4.69, 9.17) is 21.7 Å². The summed E-state index contributed by atoms with van der Waals surface area (Å²) < 4.78 is 10.8. The van der Waals surface area contributed by atoms with Crippen molar-refractivity contribution in [1.82, 2.24) is 0 Å². The first-order valence-corrected chi connectivity index (χ1v) is 10.4. The third kappa shape index (κ3) is 3.42. The maximum absolute atomic E-state index is 13.5. The van der Waals surface area contributed by atoms with Gasteiger partial charge in [-0.05, 0) is 67.2 Å². The number of carbonyl (C=O) groups is 2. The molecule has 0 radical (unpaired) electrons. The summed E-state index contributed by atoms with van der Waals surface area (Å²) in [6.07, 6.45) is 1.56. The van der Waals surface area contributed by atoms with Crippen molar-refractivity contribution < 1.29 is 19.1 Å². The first-order valence-electron chi connectivity index (χ1n) is 9.99. The molecule has 2 amide bonds. The summed E-state index contributed by atoms with van der Waals surface area (Å²) in [6, 6.07) is 21.8. The van der Waals surface area contributed by atoms with Crippen LogP contribution in [0, 0.1) is 6.92 Å². The second-order valence-corrected chi connectivity index (χ2v) is 7.77. The Hall–Kier alpha value is -3.97. The number of ether oxygens (including phenoxy) is 2. The van der Waals surface area contributed by atoms with Gasteiger partial charge in [-0.3, -0.25) is 19.4 Å². The molecular formula is C25H18N2O4S. The van der Waals surface area contributed by atoms with Gasteiger partial charge in [-0.15, -0.1) is 0 Å². The van der Waals surface area contributed by atoms with Crippen LogP contribution < -0.4 is 19.3 Å². The molecular weight excluding hydrogens is 424 g/mol. The lowest BCUT2D eigenvalue weighted by Crippen LogP contribution is -2.56. The van der Waals surface area contributed by atoms with E-state index in [1.165, 1.54) is 9.80 Å². The highest BCUT2D eigenvalue weighted by Gasteiger charge is 2.41. The second kappa shape index (κ2) is 7.94. The number of hydrogen-bond acceptors (Lipinski definition) is 5. The van der Waals surface area contributed by atoms with Gasteiger partial charge in [0.2, 0.25) is 6.79 Å². The molecule has 32 heavy (non-hydrogen) atoms. The van der Waals surface area contributed by atoms with Gasteiger partial charge < -0.3 is 9.47 Å². The van der Waals surface area contributed by atoms with Crippen LogP contribution in [0.4, 0.5) is 11.4 Å². The molecule has 2 heterocycles. The Bertz CT molecular complexity index is 1270. The summed E-state index contributed by atoms with van der Waals surface area (Å²) in [5.41, 5.74) is 2.88. The topological polar surface area (TPSA) is 59.1 Å². The highest BCUT2D eigenvalue weighted by molar-refractivity contribution is 7.81. The zero-order valence-corrected chi connectivity index (χ0v) is 18.0. The van der Waals surface area contributed by atoms with E-state index < -0.39 is 11.8 Å². The maximum atomic E-state index is 13.5. The first-order chi connectivity index (χ1) is 15.5. The molecule has 0 spiro atoms. The fourth-order valence-corrected chi connectivity index (χ4v) is 4.00. The van der Waals surface area contributed by atoms with Crippen molar-refractivity contribution in [3.8, 4) is 11.5 Å². The number of thiocarbonyl (C=S) groups is 1. The lowest BCUT2D eigenvalue weighted by atomic mass is 10.0. The predicted octanol–water partition coefficient (Wildman–Crippen LogP) is 4.47. The molecule has 0 aliphatic carbocycles.